The Hall–Kier alpha value is -3.37. The van der Waals surface area contributed by atoms with Crippen molar-refractivity contribution in [1.82, 2.24) is 0 Å². The van der Waals surface area contributed by atoms with Crippen molar-refractivity contribution in [2.45, 2.75) is 51.9 Å². The Balaban J connectivity index is 1.61. The molecule has 0 saturated carbocycles. The second-order valence-corrected chi connectivity index (χ2v) is 8.99. The summed E-state index contributed by atoms with van der Waals surface area (Å²) >= 11 is 0. The fraction of sp³-hybridized carbons (Fsp3) is 0.344. The van der Waals surface area contributed by atoms with Crippen LogP contribution < -0.4 is 4.74 Å². The van der Waals surface area contributed by atoms with E-state index < -0.39 is 5.97 Å². The van der Waals surface area contributed by atoms with Gasteiger partial charge >= 0.3 is 5.97 Å². The first-order chi connectivity index (χ1) is 17.6. The SMILES string of the molecule is C=CC(=O)OCCc1cc(-c2ccc(CCc3ccc(CCCCC)cc3)cc2)ccc1OCCO. The van der Waals surface area contributed by atoms with Crippen molar-refractivity contribution in [3.63, 3.8) is 0 Å². The van der Waals surface area contributed by atoms with Gasteiger partial charge in [0.15, 0.2) is 0 Å². The van der Waals surface area contributed by atoms with Crippen LogP contribution in [0.15, 0.2) is 79.4 Å². The van der Waals surface area contributed by atoms with Gasteiger partial charge in [-0.15, -0.1) is 0 Å². The predicted octanol–water partition coefficient (Wildman–Crippen LogP) is 6.51. The van der Waals surface area contributed by atoms with Gasteiger partial charge in [-0.05, 0) is 71.2 Å². The quantitative estimate of drug-likeness (QED) is 0.151. The lowest BCUT2D eigenvalue weighted by Crippen LogP contribution is -2.08. The normalized spacial score (nSPS) is 10.7. The minimum absolute atomic E-state index is 0.0583. The molecule has 0 aromatic heterocycles. The molecule has 0 spiro atoms. The first kappa shape index (κ1) is 27.2. The zero-order valence-corrected chi connectivity index (χ0v) is 21.4. The molecular weight excluding hydrogens is 448 g/mol. The van der Waals surface area contributed by atoms with Crippen molar-refractivity contribution >= 4 is 5.97 Å². The van der Waals surface area contributed by atoms with E-state index >= 15 is 0 Å². The maximum Gasteiger partial charge on any atom is 0.330 e. The molecule has 0 unspecified atom stereocenters. The number of hydrogen-bond donors (Lipinski definition) is 1. The Morgan fingerprint density at radius 2 is 1.42 bits per heavy atom. The molecule has 0 amide bonds. The Morgan fingerprint density at radius 1 is 0.806 bits per heavy atom. The van der Waals surface area contributed by atoms with Gasteiger partial charge in [-0.1, -0.05) is 80.9 Å². The Morgan fingerprint density at radius 3 is 2.03 bits per heavy atom. The molecule has 0 bridgehead atoms. The maximum atomic E-state index is 11.4. The maximum absolute atomic E-state index is 11.4. The van der Waals surface area contributed by atoms with Gasteiger partial charge in [-0.3, -0.25) is 0 Å². The van der Waals surface area contributed by atoms with E-state index in [0.717, 1.165) is 35.6 Å². The van der Waals surface area contributed by atoms with Gasteiger partial charge in [-0.25, -0.2) is 4.79 Å². The second-order valence-electron chi connectivity index (χ2n) is 8.99. The highest BCUT2D eigenvalue weighted by Crippen LogP contribution is 2.28. The van der Waals surface area contributed by atoms with Gasteiger partial charge in [0.1, 0.15) is 12.4 Å². The summed E-state index contributed by atoms with van der Waals surface area (Å²) in [5.74, 6) is 0.248. The Kier molecular flexibility index (Phi) is 11.3. The van der Waals surface area contributed by atoms with Crippen LogP contribution in [0.4, 0.5) is 0 Å². The van der Waals surface area contributed by atoms with Gasteiger partial charge in [-0.2, -0.15) is 0 Å². The van der Waals surface area contributed by atoms with E-state index in [1.807, 2.05) is 12.1 Å². The number of rotatable bonds is 15. The number of benzene rings is 3. The van der Waals surface area contributed by atoms with Crippen LogP contribution in [0.5, 0.6) is 5.75 Å². The Bertz CT molecular complexity index is 1080. The molecule has 0 heterocycles. The molecule has 0 saturated heterocycles. The molecule has 0 aliphatic carbocycles. The zero-order valence-electron chi connectivity index (χ0n) is 21.4. The molecule has 4 nitrogen and oxygen atoms in total. The zero-order chi connectivity index (χ0) is 25.6. The highest BCUT2D eigenvalue weighted by molar-refractivity contribution is 5.81. The number of hydrogen-bond acceptors (Lipinski definition) is 4. The molecule has 4 heteroatoms. The highest BCUT2D eigenvalue weighted by atomic mass is 16.5. The number of carbonyl (C=O) groups excluding carboxylic acids is 1. The Labute approximate surface area is 215 Å². The summed E-state index contributed by atoms with van der Waals surface area (Å²) < 4.78 is 10.8. The number of esters is 1. The lowest BCUT2D eigenvalue weighted by atomic mass is 9.97. The van der Waals surface area contributed by atoms with Crippen LogP contribution in [0.1, 0.15) is 48.4 Å². The number of carbonyl (C=O) groups is 1. The number of aliphatic hydroxyl groups is 1. The van der Waals surface area contributed by atoms with Crippen LogP contribution in [-0.2, 0) is 35.2 Å². The molecule has 1 N–H and O–H groups in total. The largest absolute Gasteiger partial charge is 0.491 e. The standard InChI is InChI=1S/C32H38O4/c1-3-5-6-7-25-8-10-26(11-9-25)12-13-27-14-16-28(17-15-27)29-18-19-31(35-23-21-33)30(24-29)20-22-36-32(34)4-2/h4,8-11,14-19,24,33H,2-3,5-7,12-13,20-23H2,1H3. The van der Waals surface area contributed by atoms with E-state index in [4.69, 9.17) is 14.6 Å². The monoisotopic (exact) mass is 486 g/mol. The van der Waals surface area contributed by atoms with Gasteiger partial charge in [0.2, 0.25) is 0 Å². The van der Waals surface area contributed by atoms with Crippen LogP contribution >= 0.6 is 0 Å². The number of aryl methyl sites for hydroxylation is 3. The average Bonchev–Trinajstić information content (AvgIpc) is 2.92. The second kappa shape index (κ2) is 14.9. The fourth-order valence-electron chi connectivity index (χ4n) is 4.18. The van der Waals surface area contributed by atoms with Crippen LogP contribution in [0, 0.1) is 0 Å². The summed E-state index contributed by atoms with van der Waals surface area (Å²) in [7, 11) is 0. The molecular formula is C32H38O4. The summed E-state index contributed by atoms with van der Waals surface area (Å²) in [4.78, 5) is 11.4. The molecule has 0 atom stereocenters. The predicted molar refractivity (Wildman–Crippen MR) is 146 cm³/mol. The summed E-state index contributed by atoms with van der Waals surface area (Å²) in [5, 5.41) is 9.12. The van der Waals surface area contributed by atoms with E-state index in [2.05, 4.69) is 68.1 Å². The minimum atomic E-state index is -0.442. The minimum Gasteiger partial charge on any atom is -0.491 e. The van der Waals surface area contributed by atoms with Crippen molar-refractivity contribution in [1.29, 1.82) is 0 Å². The highest BCUT2D eigenvalue weighted by Gasteiger charge is 2.09. The summed E-state index contributed by atoms with van der Waals surface area (Å²) in [6.45, 7) is 6.06. The summed E-state index contributed by atoms with van der Waals surface area (Å²) in [6.07, 6.45) is 8.70. The van der Waals surface area contributed by atoms with Crippen LogP contribution in [0.2, 0.25) is 0 Å². The molecule has 36 heavy (non-hydrogen) atoms. The lowest BCUT2D eigenvalue weighted by Gasteiger charge is -2.13. The van der Waals surface area contributed by atoms with E-state index in [9.17, 15) is 4.79 Å². The van der Waals surface area contributed by atoms with Crippen LogP contribution in [-0.4, -0.2) is 30.9 Å². The number of ether oxygens (including phenoxy) is 2. The number of aliphatic hydroxyl groups excluding tert-OH is 1. The molecule has 190 valence electrons. The molecule has 0 aliphatic heterocycles. The lowest BCUT2D eigenvalue weighted by molar-refractivity contribution is -0.137. The van der Waals surface area contributed by atoms with E-state index in [1.165, 1.54) is 42.4 Å². The number of unbranched alkanes of at least 4 members (excludes halogenated alkanes) is 2. The molecule has 3 aromatic carbocycles. The topological polar surface area (TPSA) is 55.8 Å². The van der Waals surface area contributed by atoms with Crippen molar-refractivity contribution in [3.05, 3.63) is 102 Å². The third-order valence-electron chi connectivity index (χ3n) is 6.27. The molecule has 0 fully saturated rings. The molecule has 3 aromatic rings. The van der Waals surface area contributed by atoms with Gasteiger partial charge < -0.3 is 14.6 Å². The third kappa shape index (κ3) is 8.69. The van der Waals surface area contributed by atoms with Crippen LogP contribution in [0.3, 0.4) is 0 Å². The first-order valence-electron chi connectivity index (χ1n) is 13.0. The summed E-state index contributed by atoms with van der Waals surface area (Å²) in [6, 6.07) is 23.8. The summed E-state index contributed by atoms with van der Waals surface area (Å²) in [5.41, 5.74) is 7.24. The first-order valence-corrected chi connectivity index (χ1v) is 13.0. The average molecular weight is 487 g/mol. The molecule has 0 aliphatic rings. The van der Waals surface area contributed by atoms with E-state index in [0.29, 0.717) is 12.2 Å². The van der Waals surface area contributed by atoms with Gasteiger partial charge in [0, 0.05) is 12.5 Å². The molecule has 3 rings (SSSR count). The van der Waals surface area contributed by atoms with Crippen molar-refractivity contribution in [3.8, 4) is 16.9 Å². The van der Waals surface area contributed by atoms with Gasteiger partial charge in [0.05, 0.1) is 13.2 Å². The smallest absolute Gasteiger partial charge is 0.330 e. The molecule has 0 radical (unpaired) electrons. The van der Waals surface area contributed by atoms with Gasteiger partial charge in [0.25, 0.3) is 0 Å². The third-order valence-corrected chi connectivity index (χ3v) is 6.27. The van der Waals surface area contributed by atoms with Crippen molar-refractivity contribution in [2.75, 3.05) is 19.8 Å². The van der Waals surface area contributed by atoms with E-state index in [1.54, 1.807) is 0 Å². The van der Waals surface area contributed by atoms with Crippen LogP contribution in [0.25, 0.3) is 11.1 Å². The van der Waals surface area contributed by atoms with E-state index in [-0.39, 0.29) is 19.8 Å². The van der Waals surface area contributed by atoms with Crippen molar-refractivity contribution < 1.29 is 19.4 Å². The van der Waals surface area contributed by atoms with Crippen molar-refractivity contribution in [2.24, 2.45) is 0 Å². The fourth-order valence-corrected chi connectivity index (χ4v) is 4.18.